The quantitative estimate of drug-likeness (QED) is 0.883. The van der Waals surface area contributed by atoms with Crippen molar-refractivity contribution >= 4 is 23.1 Å². The highest BCUT2D eigenvalue weighted by Gasteiger charge is 2.31. The normalized spacial score (nSPS) is 15.3. The molecule has 1 aliphatic rings. The van der Waals surface area contributed by atoms with E-state index in [4.69, 9.17) is 0 Å². The number of rotatable bonds is 5. The summed E-state index contributed by atoms with van der Waals surface area (Å²) in [4.78, 5) is 18.1. The van der Waals surface area contributed by atoms with Crippen LogP contribution in [0, 0.1) is 12.8 Å². The molecule has 1 aromatic heterocycles. The van der Waals surface area contributed by atoms with Gasteiger partial charge in [0.1, 0.15) is 5.01 Å². The number of carbonyl (C=O) groups excluding carboxylic acids is 1. The Kier molecular flexibility index (Phi) is 4.63. The Morgan fingerprint density at radius 1 is 1.43 bits per heavy atom. The van der Waals surface area contributed by atoms with Gasteiger partial charge in [-0.05, 0) is 49.9 Å². The lowest BCUT2D eigenvalue weighted by Crippen LogP contribution is -2.37. The number of amides is 2. The van der Waals surface area contributed by atoms with E-state index in [2.05, 4.69) is 10.3 Å². The molecular weight excluding hydrogens is 310 g/mol. The summed E-state index contributed by atoms with van der Waals surface area (Å²) in [5.41, 5.74) is 2.79. The third-order valence-corrected chi connectivity index (χ3v) is 4.99. The number of aliphatic hydroxyl groups excluding tert-OH is 1. The van der Waals surface area contributed by atoms with Gasteiger partial charge in [0.05, 0.1) is 6.10 Å². The van der Waals surface area contributed by atoms with Gasteiger partial charge in [-0.2, -0.15) is 0 Å². The summed E-state index contributed by atoms with van der Waals surface area (Å²) >= 11 is 1.61. The third-order valence-electron chi connectivity index (χ3n) is 3.98. The molecule has 0 radical (unpaired) electrons. The van der Waals surface area contributed by atoms with Crippen molar-refractivity contribution in [1.82, 2.24) is 9.88 Å². The molecule has 23 heavy (non-hydrogen) atoms. The van der Waals surface area contributed by atoms with E-state index in [-0.39, 0.29) is 6.03 Å². The average molecular weight is 331 g/mol. The predicted molar refractivity (Wildman–Crippen MR) is 92.7 cm³/mol. The summed E-state index contributed by atoms with van der Waals surface area (Å²) in [5, 5.41) is 15.8. The van der Waals surface area contributed by atoms with Gasteiger partial charge in [-0.3, -0.25) is 0 Å². The summed E-state index contributed by atoms with van der Waals surface area (Å²) in [5.74, 6) is 0.367. The molecule has 5 nitrogen and oxygen atoms in total. The van der Waals surface area contributed by atoms with Gasteiger partial charge < -0.3 is 15.3 Å². The van der Waals surface area contributed by atoms with E-state index in [1.807, 2.05) is 36.6 Å². The zero-order valence-corrected chi connectivity index (χ0v) is 14.1. The molecule has 1 heterocycles. The van der Waals surface area contributed by atoms with Crippen molar-refractivity contribution in [2.75, 3.05) is 18.9 Å². The van der Waals surface area contributed by atoms with Crippen molar-refractivity contribution in [2.24, 2.45) is 5.92 Å². The number of aromatic nitrogens is 1. The number of likely N-dealkylation sites (N-methyl/N-ethyl adjacent to an activating group) is 1. The van der Waals surface area contributed by atoms with Crippen molar-refractivity contribution in [1.29, 1.82) is 0 Å². The van der Waals surface area contributed by atoms with Crippen LogP contribution in [0.25, 0.3) is 10.6 Å². The van der Waals surface area contributed by atoms with Gasteiger partial charge in [0.2, 0.25) is 0 Å². The number of aryl methyl sites for hydroxylation is 1. The Morgan fingerprint density at radius 2 is 2.13 bits per heavy atom. The first-order chi connectivity index (χ1) is 11.0. The topological polar surface area (TPSA) is 65.5 Å². The molecule has 0 aliphatic heterocycles. The number of nitrogens with zero attached hydrogens (tertiary/aromatic N) is 2. The van der Waals surface area contributed by atoms with Crippen LogP contribution in [0.2, 0.25) is 0 Å². The molecule has 122 valence electrons. The summed E-state index contributed by atoms with van der Waals surface area (Å²) in [6, 6.07) is 7.44. The van der Waals surface area contributed by atoms with Crippen molar-refractivity contribution in [3.63, 3.8) is 0 Å². The number of benzene rings is 1. The molecule has 1 aliphatic carbocycles. The lowest BCUT2D eigenvalue weighted by atomic mass is 10.2. The van der Waals surface area contributed by atoms with E-state index < -0.39 is 6.10 Å². The number of nitrogens with one attached hydrogen (secondary N) is 1. The summed E-state index contributed by atoms with van der Waals surface area (Å²) in [7, 11) is 1.70. The van der Waals surface area contributed by atoms with Crippen molar-refractivity contribution in [2.45, 2.75) is 25.9 Å². The Bertz CT molecular complexity index is 679. The molecule has 1 atom stereocenters. The van der Waals surface area contributed by atoms with Crippen molar-refractivity contribution < 1.29 is 9.90 Å². The minimum absolute atomic E-state index is 0.206. The van der Waals surface area contributed by atoms with Crippen molar-refractivity contribution in [3.05, 3.63) is 35.3 Å². The molecule has 0 bridgehead atoms. The second kappa shape index (κ2) is 6.68. The number of thiazole rings is 1. The number of carbonyl (C=O) groups is 1. The molecule has 1 aromatic carbocycles. The molecule has 2 amide bonds. The van der Waals surface area contributed by atoms with Gasteiger partial charge in [-0.25, -0.2) is 9.78 Å². The molecular formula is C17H21N3O2S. The van der Waals surface area contributed by atoms with Crippen LogP contribution >= 0.6 is 11.3 Å². The van der Waals surface area contributed by atoms with Gasteiger partial charge in [0, 0.05) is 35.9 Å². The van der Waals surface area contributed by atoms with Gasteiger partial charge >= 0.3 is 6.03 Å². The minimum Gasteiger partial charge on any atom is -0.391 e. The Hall–Kier alpha value is -1.92. The van der Waals surface area contributed by atoms with Crippen LogP contribution in [0.3, 0.4) is 0 Å². The number of hydrogen-bond acceptors (Lipinski definition) is 4. The second-order valence-electron chi connectivity index (χ2n) is 6.09. The van der Waals surface area contributed by atoms with E-state index in [0.717, 1.165) is 34.8 Å². The monoisotopic (exact) mass is 331 g/mol. The average Bonchev–Trinajstić information content (AvgIpc) is 3.30. The highest BCUT2D eigenvalue weighted by atomic mass is 32.1. The fourth-order valence-corrected chi connectivity index (χ4v) is 3.20. The molecule has 0 saturated heterocycles. The number of hydrogen-bond donors (Lipinski definition) is 2. The van der Waals surface area contributed by atoms with Crippen LogP contribution in [0.5, 0.6) is 0 Å². The van der Waals surface area contributed by atoms with Crippen LogP contribution in [-0.4, -0.2) is 40.7 Å². The summed E-state index contributed by atoms with van der Waals surface area (Å²) in [6.45, 7) is 2.34. The van der Waals surface area contributed by atoms with Crippen LogP contribution < -0.4 is 5.32 Å². The summed E-state index contributed by atoms with van der Waals surface area (Å²) < 4.78 is 0. The molecule has 6 heteroatoms. The van der Waals surface area contributed by atoms with E-state index in [1.165, 1.54) is 4.90 Å². The summed E-state index contributed by atoms with van der Waals surface area (Å²) in [6.07, 6.45) is 1.71. The molecule has 2 N–H and O–H groups in total. The molecule has 2 aromatic rings. The molecule has 3 rings (SSSR count). The number of urea groups is 1. The highest BCUT2D eigenvalue weighted by molar-refractivity contribution is 7.13. The number of aliphatic hydroxyl groups is 1. The van der Waals surface area contributed by atoms with Gasteiger partial charge in [0.25, 0.3) is 0 Å². The minimum atomic E-state index is -0.415. The fourth-order valence-electron chi connectivity index (χ4n) is 2.40. The maximum Gasteiger partial charge on any atom is 0.321 e. The van der Waals surface area contributed by atoms with Crippen molar-refractivity contribution in [3.8, 4) is 10.6 Å². The Labute approximate surface area is 140 Å². The zero-order valence-electron chi connectivity index (χ0n) is 13.3. The standard InChI is InChI=1S/C17H21N3O2S/c1-11-10-23-16(18-11)13-5-7-14(8-6-13)19-17(22)20(2)9-15(21)12-3-4-12/h5-8,10,12,15,21H,3-4,9H2,1-2H3,(H,19,22). The number of anilines is 1. The van der Waals surface area contributed by atoms with Gasteiger partial charge in [-0.1, -0.05) is 0 Å². The first kappa shape index (κ1) is 16.0. The maximum atomic E-state index is 12.1. The van der Waals surface area contributed by atoms with Crippen LogP contribution in [0.4, 0.5) is 10.5 Å². The molecule has 1 unspecified atom stereocenters. The molecule has 1 fully saturated rings. The zero-order chi connectivity index (χ0) is 16.4. The lowest BCUT2D eigenvalue weighted by molar-refractivity contribution is 0.117. The van der Waals surface area contributed by atoms with Crippen LogP contribution in [0.1, 0.15) is 18.5 Å². The van der Waals surface area contributed by atoms with E-state index in [9.17, 15) is 9.90 Å². The van der Waals surface area contributed by atoms with E-state index in [1.54, 1.807) is 18.4 Å². The largest absolute Gasteiger partial charge is 0.391 e. The Balaban J connectivity index is 1.57. The fraction of sp³-hybridized carbons (Fsp3) is 0.412. The van der Waals surface area contributed by atoms with E-state index >= 15 is 0 Å². The third kappa shape index (κ3) is 4.09. The second-order valence-corrected chi connectivity index (χ2v) is 6.94. The predicted octanol–water partition coefficient (Wildman–Crippen LogP) is 3.35. The molecule has 1 saturated carbocycles. The van der Waals surface area contributed by atoms with Gasteiger partial charge in [-0.15, -0.1) is 11.3 Å². The van der Waals surface area contributed by atoms with E-state index in [0.29, 0.717) is 12.5 Å². The lowest BCUT2D eigenvalue weighted by Gasteiger charge is -2.21. The van der Waals surface area contributed by atoms with Crippen LogP contribution in [0.15, 0.2) is 29.6 Å². The first-order valence-electron chi connectivity index (χ1n) is 7.75. The highest BCUT2D eigenvalue weighted by Crippen LogP contribution is 2.32. The first-order valence-corrected chi connectivity index (χ1v) is 8.63. The Morgan fingerprint density at radius 3 is 2.70 bits per heavy atom. The smallest absolute Gasteiger partial charge is 0.321 e. The molecule has 0 spiro atoms. The van der Waals surface area contributed by atoms with Crippen LogP contribution in [-0.2, 0) is 0 Å². The SMILES string of the molecule is Cc1csc(-c2ccc(NC(=O)N(C)CC(O)C3CC3)cc2)n1. The van der Waals surface area contributed by atoms with Gasteiger partial charge in [0.15, 0.2) is 0 Å². The maximum absolute atomic E-state index is 12.1.